The van der Waals surface area contributed by atoms with Gasteiger partial charge in [-0.05, 0) is 20.9 Å². The van der Waals surface area contributed by atoms with Gasteiger partial charge in [-0.25, -0.2) is 0 Å². The summed E-state index contributed by atoms with van der Waals surface area (Å²) in [6.45, 7) is 6.17. The van der Waals surface area contributed by atoms with Crippen LogP contribution in [0.5, 0.6) is 0 Å². The van der Waals surface area contributed by atoms with Crippen molar-refractivity contribution in [2.45, 2.75) is 38.8 Å². The van der Waals surface area contributed by atoms with E-state index in [2.05, 4.69) is 12.1 Å². The number of nitrogens with one attached hydrogen (secondary N) is 1. The molecule has 0 aliphatic heterocycles. The molecule has 0 aromatic carbocycles. The third-order valence-corrected chi connectivity index (χ3v) is 2.17. The van der Waals surface area contributed by atoms with Crippen LogP contribution in [-0.2, 0) is 4.74 Å². The fourth-order valence-electron chi connectivity index (χ4n) is 0.900. The third kappa shape index (κ3) is 4.09. The quantitative estimate of drug-likeness (QED) is 0.546. The maximum Gasteiger partial charge on any atom is 0.154 e. The van der Waals surface area contributed by atoms with Crippen molar-refractivity contribution in [2.75, 3.05) is 13.7 Å². The molecule has 0 radical (unpaired) electrons. The van der Waals surface area contributed by atoms with Gasteiger partial charge in [0.1, 0.15) is 0 Å². The highest BCUT2D eigenvalue weighted by atomic mass is 16.5. The minimum absolute atomic E-state index is 0.0757. The highest BCUT2D eigenvalue weighted by Crippen LogP contribution is 2.01. The molecule has 0 bridgehead atoms. The van der Waals surface area contributed by atoms with Gasteiger partial charge >= 0.3 is 0 Å². The van der Waals surface area contributed by atoms with Gasteiger partial charge in [0.15, 0.2) is 7.28 Å². The summed E-state index contributed by atoms with van der Waals surface area (Å²) in [5, 5.41) is 12.1. The summed E-state index contributed by atoms with van der Waals surface area (Å²) in [7, 11) is 2.85. The molecule has 3 atom stereocenters. The molecular formula is C8H20BNO2. The lowest BCUT2D eigenvalue weighted by Crippen LogP contribution is -2.41. The van der Waals surface area contributed by atoms with Crippen LogP contribution in [0.2, 0.25) is 6.82 Å². The van der Waals surface area contributed by atoms with E-state index in [-0.39, 0.29) is 24.8 Å². The van der Waals surface area contributed by atoms with E-state index in [0.717, 1.165) is 7.28 Å². The summed E-state index contributed by atoms with van der Waals surface area (Å²) >= 11 is 0. The van der Waals surface area contributed by atoms with Crippen molar-refractivity contribution in [3.8, 4) is 0 Å². The second kappa shape index (κ2) is 6.46. The van der Waals surface area contributed by atoms with Crippen LogP contribution in [0.1, 0.15) is 13.8 Å². The van der Waals surface area contributed by atoms with E-state index in [1.54, 1.807) is 0 Å². The molecule has 0 aromatic heterocycles. The number of hydrogen-bond acceptors (Lipinski definition) is 3. The Balaban J connectivity index is 3.81. The Labute approximate surface area is 75.7 Å². The molecule has 2 N–H and O–H groups in total. The van der Waals surface area contributed by atoms with Gasteiger partial charge in [0.25, 0.3) is 0 Å². The number of hydrogen-bond donors (Lipinski definition) is 2. The monoisotopic (exact) mass is 173 g/mol. The summed E-state index contributed by atoms with van der Waals surface area (Å²) < 4.78 is 5.59. The van der Waals surface area contributed by atoms with Gasteiger partial charge in [0.2, 0.25) is 0 Å². The van der Waals surface area contributed by atoms with Crippen LogP contribution >= 0.6 is 0 Å². The average molecular weight is 173 g/mol. The van der Waals surface area contributed by atoms with Crippen LogP contribution in [0.4, 0.5) is 0 Å². The third-order valence-electron chi connectivity index (χ3n) is 2.17. The maximum atomic E-state index is 9.01. The Hall–Kier alpha value is -0.0551. The second-order valence-electron chi connectivity index (χ2n) is 3.15. The fraction of sp³-hybridized carbons (Fsp3) is 1.00. The van der Waals surface area contributed by atoms with Gasteiger partial charge in [0, 0.05) is 12.0 Å². The molecule has 0 amide bonds. The molecule has 0 aliphatic carbocycles. The predicted octanol–water partition coefficient (Wildman–Crippen LogP) is -0.198. The molecule has 0 aromatic rings. The van der Waals surface area contributed by atoms with E-state index in [9.17, 15) is 0 Å². The number of aliphatic hydroxyl groups is 1. The molecular weight excluding hydrogens is 153 g/mol. The summed E-state index contributed by atoms with van der Waals surface area (Å²) in [6.07, 6.45) is -0.0926. The number of likely N-dealkylation sites (N-methyl/N-ethyl adjacent to an activating group) is 1. The van der Waals surface area contributed by atoms with Gasteiger partial charge < -0.3 is 15.2 Å². The zero-order valence-corrected chi connectivity index (χ0v) is 8.50. The minimum atomic E-state index is -0.0926. The molecule has 4 heteroatoms. The largest absolute Gasteiger partial charge is 0.394 e. The SMILES string of the molecule is CB[C@@H](C)O[C@@H](CO)[C@@H](C)NC. The normalized spacial score (nSPS) is 18.4. The Morgan fingerprint density at radius 2 is 2.08 bits per heavy atom. The lowest BCUT2D eigenvalue weighted by Gasteiger charge is -2.25. The minimum Gasteiger partial charge on any atom is -0.394 e. The first-order valence-electron chi connectivity index (χ1n) is 4.59. The molecule has 0 heterocycles. The Morgan fingerprint density at radius 3 is 2.42 bits per heavy atom. The van der Waals surface area contributed by atoms with Crippen molar-refractivity contribution in [1.29, 1.82) is 0 Å². The standard InChI is InChI=1S/C8H20BNO2/c1-6(10-4)8(5-11)12-7(2)9-3/h6-11H,5H2,1-4H3/t6-,7-,8+/m1/s1. The van der Waals surface area contributed by atoms with Gasteiger partial charge in [-0.15, -0.1) is 0 Å². The summed E-state index contributed by atoms with van der Waals surface area (Å²) in [5.41, 5.74) is 0. The van der Waals surface area contributed by atoms with E-state index in [1.165, 1.54) is 0 Å². The molecule has 0 saturated carbocycles. The molecule has 0 aliphatic rings. The van der Waals surface area contributed by atoms with Crippen molar-refractivity contribution in [3.05, 3.63) is 0 Å². The summed E-state index contributed by atoms with van der Waals surface area (Å²) in [6, 6.07) is 0.418. The molecule has 3 nitrogen and oxygen atoms in total. The summed E-state index contributed by atoms with van der Waals surface area (Å²) in [4.78, 5) is 0. The predicted molar refractivity (Wildman–Crippen MR) is 53.0 cm³/mol. The fourth-order valence-corrected chi connectivity index (χ4v) is 0.900. The Kier molecular flexibility index (Phi) is 6.43. The zero-order chi connectivity index (χ0) is 9.56. The first-order chi connectivity index (χ1) is 5.65. The average Bonchev–Trinajstić information content (AvgIpc) is 2.12. The van der Waals surface area contributed by atoms with Crippen LogP contribution in [0.15, 0.2) is 0 Å². The van der Waals surface area contributed by atoms with Crippen molar-refractivity contribution in [1.82, 2.24) is 5.32 Å². The highest BCUT2D eigenvalue weighted by molar-refractivity contribution is 6.35. The number of ether oxygens (including phenoxy) is 1. The van der Waals surface area contributed by atoms with E-state index < -0.39 is 0 Å². The lowest BCUT2D eigenvalue weighted by molar-refractivity contribution is -0.0163. The lowest BCUT2D eigenvalue weighted by atomic mass is 9.75. The Morgan fingerprint density at radius 1 is 1.50 bits per heavy atom. The molecule has 0 fully saturated rings. The number of aliphatic hydroxyl groups excluding tert-OH is 1. The first kappa shape index (κ1) is 11.9. The van der Waals surface area contributed by atoms with Crippen molar-refractivity contribution in [3.63, 3.8) is 0 Å². The van der Waals surface area contributed by atoms with Crippen molar-refractivity contribution >= 4 is 7.28 Å². The zero-order valence-electron chi connectivity index (χ0n) is 8.50. The molecule has 0 unspecified atom stereocenters. The molecule has 72 valence electrons. The smallest absolute Gasteiger partial charge is 0.154 e. The molecule has 12 heavy (non-hydrogen) atoms. The van der Waals surface area contributed by atoms with Gasteiger partial charge in [-0.1, -0.05) is 6.82 Å². The highest BCUT2D eigenvalue weighted by Gasteiger charge is 2.17. The topological polar surface area (TPSA) is 41.5 Å². The molecule has 0 saturated heterocycles. The van der Waals surface area contributed by atoms with Crippen LogP contribution in [0, 0.1) is 0 Å². The molecule has 0 rings (SSSR count). The van der Waals surface area contributed by atoms with Crippen molar-refractivity contribution in [2.24, 2.45) is 0 Å². The van der Waals surface area contributed by atoms with Crippen molar-refractivity contribution < 1.29 is 9.84 Å². The maximum absolute atomic E-state index is 9.01. The molecule has 0 spiro atoms. The van der Waals surface area contributed by atoms with Crippen LogP contribution < -0.4 is 5.32 Å². The second-order valence-corrected chi connectivity index (χ2v) is 3.15. The van der Waals surface area contributed by atoms with E-state index in [4.69, 9.17) is 9.84 Å². The number of rotatable bonds is 6. The van der Waals surface area contributed by atoms with Crippen LogP contribution in [0.25, 0.3) is 0 Å². The van der Waals surface area contributed by atoms with Crippen LogP contribution in [0.3, 0.4) is 0 Å². The Bertz CT molecular complexity index is 113. The van der Waals surface area contributed by atoms with Gasteiger partial charge in [0.05, 0.1) is 12.7 Å². The van der Waals surface area contributed by atoms with E-state index in [0.29, 0.717) is 0 Å². The van der Waals surface area contributed by atoms with Gasteiger partial charge in [-0.2, -0.15) is 0 Å². The first-order valence-corrected chi connectivity index (χ1v) is 4.59. The summed E-state index contributed by atoms with van der Waals surface area (Å²) in [5.74, 6) is 0. The van der Waals surface area contributed by atoms with Crippen LogP contribution in [-0.4, -0.2) is 44.2 Å². The van der Waals surface area contributed by atoms with Gasteiger partial charge in [-0.3, -0.25) is 0 Å². The van der Waals surface area contributed by atoms with E-state index in [1.807, 2.05) is 20.9 Å². The van der Waals surface area contributed by atoms with E-state index >= 15 is 0 Å².